The van der Waals surface area contributed by atoms with E-state index in [1.807, 2.05) is 0 Å². The second-order valence-electron chi connectivity index (χ2n) is 4.38. The third-order valence-corrected chi connectivity index (χ3v) is 3.00. The summed E-state index contributed by atoms with van der Waals surface area (Å²) >= 11 is 0. The van der Waals surface area contributed by atoms with Crippen LogP contribution in [0, 0.1) is 0 Å². The molecular formula is C12H15NO3. The fourth-order valence-corrected chi connectivity index (χ4v) is 1.77. The number of hydrogen-bond donors (Lipinski definition) is 2. The Kier molecular flexibility index (Phi) is 2.59. The number of carbonyl (C=O) groups is 1. The summed E-state index contributed by atoms with van der Waals surface area (Å²) in [6, 6.07) is 3.11. The quantitative estimate of drug-likeness (QED) is 0.750. The topological polar surface area (TPSA) is 72.5 Å². The summed E-state index contributed by atoms with van der Waals surface area (Å²) in [5.41, 5.74) is 7.13. The molecule has 0 spiro atoms. The smallest absolute Gasteiger partial charge is 0.161 e. The van der Waals surface area contributed by atoms with Gasteiger partial charge in [-0.15, -0.1) is 0 Å². The van der Waals surface area contributed by atoms with Crippen LogP contribution >= 0.6 is 0 Å². The van der Waals surface area contributed by atoms with E-state index in [0.717, 1.165) is 24.7 Å². The average molecular weight is 221 g/mol. The highest BCUT2D eigenvalue weighted by molar-refractivity contribution is 5.79. The van der Waals surface area contributed by atoms with Crippen molar-refractivity contribution >= 4 is 6.29 Å². The number of carbonyl (C=O) groups excluding carboxylic acids is 1. The van der Waals surface area contributed by atoms with Gasteiger partial charge in [-0.1, -0.05) is 0 Å². The number of phenolic OH excluding ortho intramolecular Hbond substituents is 1. The van der Waals surface area contributed by atoms with Crippen molar-refractivity contribution in [2.24, 2.45) is 5.73 Å². The molecule has 1 aliphatic carbocycles. The lowest BCUT2D eigenvalue weighted by Gasteiger charge is -2.13. The van der Waals surface area contributed by atoms with Gasteiger partial charge in [0.2, 0.25) is 0 Å². The molecule has 0 unspecified atom stereocenters. The van der Waals surface area contributed by atoms with Crippen molar-refractivity contribution in [3.8, 4) is 11.5 Å². The molecule has 0 saturated heterocycles. The zero-order valence-corrected chi connectivity index (χ0v) is 9.19. The molecule has 4 heteroatoms. The van der Waals surface area contributed by atoms with Crippen LogP contribution in [-0.4, -0.2) is 24.0 Å². The molecule has 1 aromatic carbocycles. The van der Waals surface area contributed by atoms with E-state index < -0.39 is 0 Å². The zero-order valence-electron chi connectivity index (χ0n) is 9.19. The number of methoxy groups -OCH3 is 1. The fourth-order valence-electron chi connectivity index (χ4n) is 1.77. The predicted octanol–water partition coefficient (Wildman–Crippen LogP) is 1.25. The number of nitrogens with two attached hydrogens (primary N) is 1. The highest BCUT2D eigenvalue weighted by Gasteiger charge is 2.38. The second-order valence-corrected chi connectivity index (χ2v) is 4.38. The largest absolute Gasteiger partial charge is 0.504 e. The first-order valence-electron chi connectivity index (χ1n) is 5.22. The van der Waals surface area contributed by atoms with E-state index in [4.69, 9.17) is 10.5 Å². The third-order valence-electron chi connectivity index (χ3n) is 3.00. The standard InChI is InChI=1S/C12H15NO3/c1-16-11-5-9(7-14)8(4-10(11)15)6-12(13)2-3-12/h4-5,7,15H,2-3,6,13H2,1H3. The van der Waals surface area contributed by atoms with E-state index in [1.165, 1.54) is 7.11 Å². The second kappa shape index (κ2) is 3.79. The van der Waals surface area contributed by atoms with Crippen molar-refractivity contribution in [3.63, 3.8) is 0 Å². The SMILES string of the molecule is COc1cc(C=O)c(CC2(N)CC2)cc1O. The summed E-state index contributed by atoms with van der Waals surface area (Å²) in [5, 5.41) is 9.65. The summed E-state index contributed by atoms with van der Waals surface area (Å²) in [7, 11) is 1.45. The van der Waals surface area contributed by atoms with Crippen LogP contribution in [0.25, 0.3) is 0 Å². The Bertz CT molecular complexity index is 425. The summed E-state index contributed by atoms with van der Waals surface area (Å²) in [4.78, 5) is 10.9. The molecule has 1 fully saturated rings. The molecule has 0 heterocycles. The molecule has 0 atom stereocenters. The van der Waals surface area contributed by atoms with Crippen LogP contribution < -0.4 is 10.5 Å². The fraction of sp³-hybridized carbons (Fsp3) is 0.417. The maximum atomic E-state index is 10.9. The lowest BCUT2D eigenvalue weighted by molar-refractivity contribution is 0.112. The van der Waals surface area contributed by atoms with Gasteiger partial charge in [0.25, 0.3) is 0 Å². The number of ether oxygens (including phenoxy) is 1. The molecular weight excluding hydrogens is 206 g/mol. The molecule has 16 heavy (non-hydrogen) atoms. The molecule has 2 rings (SSSR count). The first kappa shape index (κ1) is 11.0. The van der Waals surface area contributed by atoms with E-state index in [9.17, 15) is 9.90 Å². The molecule has 4 nitrogen and oxygen atoms in total. The van der Waals surface area contributed by atoms with Crippen LogP contribution in [0.1, 0.15) is 28.8 Å². The van der Waals surface area contributed by atoms with Gasteiger partial charge in [-0.3, -0.25) is 4.79 Å². The van der Waals surface area contributed by atoms with Crippen LogP contribution in [0.3, 0.4) is 0 Å². The first-order valence-corrected chi connectivity index (χ1v) is 5.22. The Hall–Kier alpha value is -1.55. The van der Waals surface area contributed by atoms with E-state index in [2.05, 4.69) is 0 Å². The molecule has 1 aliphatic rings. The van der Waals surface area contributed by atoms with Gasteiger partial charge in [0.1, 0.15) is 6.29 Å². The Morgan fingerprint density at radius 1 is 1.56 bits per heavy atom. The van der Waals surface area contributed by atoms with Gasteiger partial charge in [0.15, 0.2) is 11.5 Å². The van der Waals surface area contributed by atoms with Gasteiger partial charge in [-0.25, -0.2) is 0 Å². The van der Waals surface area contributed by atoms with Crippen molar-refractivity contribution in [2.45, 2.75) is 24.8 Å². The summed E-state index contributed by atoms with van der Waals surface area (Å²) < 4.78 is 4.95. The minimum atomic E-state index is -0.182. The molecule has 0 amide bonds. The Morgan fingerprint density at radius 2 is 2.25 bits per heavy atom. The highest BCUT2D eigenvalue weighted by Crippen LogP contribution is 2.38. The minimum Gasteiger partial charge on any atom is -0.504 e. The number of aromatic hydroxyl groups is 1. The molecule has 86 valence electrons. The van der Waals surface area contributed by atoms with E-state index in [-0.39, 0.29) is 11.3 Å². The van der Waals surface area contributed by atoms with Gasteiger partial charge in [-0.2, -0.15) is 0 Å². The van der Waals surface area contributed by atoms with Gasteiger partial charge in [-0.05, 0) is 37.0 Å². The Morgan fingerprint density at radius 3 is 2.75 bits per heavy atom. The number of hydrogen-bond acceptors (Lipinski definition) is 4. The molecule has 1 aromatic rings. The van der Waals surface area contributed by atoms with Crippen molar-refractivity contribution in [1.82, 2.24) is 0 Å². The summed E-state index contributed by atoms with van der Waals surface area (Å²) in [5.74, 6) is 0.361. The maximum absolute atomic E-state index is 10.9. The van der Waals surface area contributed by atoms with Crippen molar-refractivity contribution in [1.29, 1.82) is 0 Å². The molecule has 0 aliphatic heterocycles. The van der Waals surface area contributed by atoms with Crippen LogP contribution in [0.4, 0.5) is 0 Å². The number of benzene rings is 1. The van der Waals surface area contributed by atoms with E-state index in [1.54, 1.807) is 12.1 Å². The van der Waals surface area contributed by atoms with Gasteiger partial charge < -0.3 is 15.6 Å². The van der Waals surface area contributed by atoms with Crippen LogP contribution in [0.2, 0.25) is 0 Å². The van der Waals surface area contributed by atoms with E-state index in [0.29, 0.717) is 17.7 Å². The summed E-state index contributed by atoms with van der Waals surface area (Å²) in [6.07, 6.45) is 3.33. The van der Waals surface area contributed by atoms with Gasteiger partial charge >= 0.3 is 0 Å². The zero-order chi connectivity index (χ0) is 11.8. The van der Waals surface area contributed by atoms with Crippen LogP contribution in [0.15, 0.2) is 12.1 Å². The lowest BCUT2D eigenvalue weighted by Crippen LogP contribution is -2.25. The van der Waals surface area contributed by atoms with Crippen LogP contribution in [0.5, 0.6) is 11.5 Å². The highest BCUT2D eigenvalue weighted by atomic mass is 16.5. The Balaban J connectivity index is 2.35. The van der Waals surface area contributed by atoms with Crippen molar-refractivity contribution in [3.05, 3.63) is 23.3 Å². The molecule has 0 radical (unpaired) electrons. The lowest BCUT2D eigenvalue weighted by atomic mass is 9.99. The normalized spacial score (nSPS) is 16.9. The maximum Gasteiger partial charge on any atom is 0.161 e. The third kappa shape index (κ3) is 2.02. The predicted molar refractivity (Wildman–Crippen MR) is 59.9 cm³/mol. The van der Waals surface area contributed by atoms with Crippen molar-refractivity contribution in [2.75, 3.05) is 7.11 Å². The molecule has 0 bridgehead atoms. The van der Waals surface area contributed by atoms with Crippen LogP contribution in [-0.2, 0) is 6.42 Å². The summed E-state index contributed by atoms with van der Waals surface area (Å²) in [6.45, 7) is 0. The van der Waals surface area contributed by atoms with E-state index >= 15 is 0 Å². The molecule has 3 N–H and O–H groups in total. The number of rotatable bonds is 4. The van der Waals surface area contributed by atoms with Gasteiger partial charge in [0, 0.05) is 11.1 Å². The first-order chi connectivity index (χ1) is 7.58. The average Bonchev–Trinajstić information content (AvgIpc) is 2.96. The minimum absolute atomic E-state index is 0.0485. The Labute approximate surface area is 94.0 Å². The van der Waals surface area contributed by atoms with Gasteiger partial charge in [0.05, 0.1) is 7.11 Å². The molecule has 1 saturated carbocycles. The molecule has 0 aromatic heterocycles. The number of aldehydes is 1. The number of phenols is 1. The monoisotopic (exact) mass is 221 g/mol. The van der Waals surface area contributed by atoms with Crippen molar-refractivity contribution < 1.29 is 14.6 Å².